The molecule has 22 heavy (non-hydrogen) atoms. The van der Waals surface area contributed by atoms with E-state index in [0.717, 1.165) is 5.06 Å². The highest BCUT2D eigenvalue weighted by Crippen LogP contribution is 2.43. The number of nitrogens with zero attached hydrogens (tertiary/aromatic N) is 1. The molecule has 0 spiro atoms. The van der Waals surface area contributed by atoms with Crippen LogP contribution in [0.3, 0.4) is 0 Å². The monoisotopic (exact) mass is 319 g/mol. The van der Waals surface area contributed by atoms with E-state index in [-0.39, 0.29) is 0 Å². The van der Waals surface area contributed by atoms with Crippen LogP contribution in [0.4, 0.5) is 0 Å². The largest absolute Gasteiger partial charge is 0.497 e. The zero-order chi connectivity index (χ0) is 15.9. The van der Waals surface area contributed by atoms with Crippen LogP contribution >= 0.6 is 11.6 Å². The fraction of sp³-hybridized carbons (Fsp3) is 0.188. The summed E-state index contributed by atoms with van der Waals surface area (Å²) in [5.74, 6) is 0.0948. The minimum absolute atomic E-state index is 0.332. The molecule has 1 amide bonds. The quantitative estimate of drug-likeness (QED) is 0.944. The Balaban J connectivity index is 2.22. The van der Waals surface area contributed by atoms with E-state index in [0.29, 0.717) is 27.5 Å². The molecule has 5 nitrogen and oxygen atoms in total. The molecule has 2 aromatic rings. The molecule has 1 heterocycles. The average Bonchev–Trinajstić information content (AvgIpc) is 2.76. The summed E-state index contributed by atoms with van der Waals surface area (Å²) >= 11 is 5.89. The first-order chi connectivity index (χ1) is 10.5. The highest BCUT2D eigenvalue weighted by atomic mass is 35.5. The smallest absolute Gasteiger partial charge is 0.281 e. The third kappa shape index (κ3) is 1.98. The summed E-state index contributed by atoms with van der Waals surface area (Å²) in [6.07, 6.45) is 0. The molecule has 2 aromatic carbocycles. The van der Waals surface area contributed by atoms with Gasteiger partial charge in [0.1, 0.15) is 5.75 Å². The molecule has 0 aromatic heterocycles. The summed E-state index contributed by atoms with van der Waals surface area (Å²) in [7, 11) is 2.85. The topological polar surface area (TPSA) is 59.0 Å². The van der Waals surface area contributed by atoms with E-state index in [1.54, 1.807) is 42.5 Å². The third-order valence-electron chi connectivity index (χ3n) is 3.74. The van der Waals surface area contributed by atoms with Gasteiger partial charge in [-0.2, -0.15) is 5.06 Å². The van der Waals surface area contributed by atoms with Crippen molar-refractivity contribution in [1.82, 2.24) is 5.06 Å². The first kappa shape index (κ1) is 14.8. The number of amides is 1. The Morgan fingerprint density at radius 2 is 1.82 bits per heavy atom. The van der Waals surface area contributed by atoms with Gasteiger partial charge < -0.3 is 9.84 Å². The predicted molar refractivity (Wildman–Crippen MR) is 80.6 cm³/mol. The van der Waals surface area contributed by atoms with Crippen molar-refractivity contribution in [3.63, 3.8) is 0 Å². The summed E-state index contributed by atoms with van der Waals surface area (Å²) in [6.45, 7) is 0. The van der Waals surface area contributed by atoms with Gasteiger partial charge in [0, 0.05) is 16.1 Å². The maximum atomic E-state index is 12.5. The van der Waals surface area contributed by atoms with Gasteiger partial charge in [0.2, 0.25) is 5.72 Å². The van der Waals surface area contributed by atoms with Gasteiger partial charge in [-0.05, 0) is 30.3 Å². The fourth-order valence-electron chi connectivity index (χ4n) is 2.67. The summed E-state index contributed by atoms with van der Waals surface area (Å²) < 4.78 is 5.14. The number of halogens is 1. The Bertz CT molecular complexity index is 731. The lowest BCUT2D eigenvalue weighted by atomic mass is 9.94. The van der Waals surface area contributed by atoms with E-state index >= 15 is 0 Å². The standard InChI is InChI=1S/C16H14ClNO4/c1-21-12-7-8-14-13(9-12)15(19)18(22-2)16(14,20)10-3-5-11(17)6-4-10/h3-9,20H,1-2H3. The molecule has 0 aliphatic carbocycles. The Morgan fingerprint density at radius 3 is 2.41 bits per heavy atom. The lowest BCUT2D eigenvalue weighted by molar-refractivity contribution is -0.223. The summed E-state index contributed by atoms with van der Waals surface area (Å²) in [5.41, 5.74) is -0.463. The van der Waals surface area contributed by atoms with Crippen molar-refractivity contribution in [2.45, 2.75) is 5.72 Å². The van der Waals surface area contributed by atoms with Gasteiger partial charge in [-0.25, -0.2) is 0 Å². The SMILES string of the molecule is COc1ccc2c(c1)C(=O)N(OC)C2(O)c1ccc(Cl)cc1. The third-order valence-corrected chi connectivity index (χ3v) is 3.99. The van der Waals surface area contributed by atoms with E-state index in [4.69, 9.17) is 21.2 Å². The van der Waals surface area contributed by atoms with E-state index in [1.807, 2.05) is 0 Å². The predicted octanol–water partition coefficient (Wildman–Crippen LogP) is 2.56. The molecule has 6 heteroatoms. The second-order valence-electron chi connectivity index (χ2n) is 4.87. The van der Waals surface area contributed by atoms with Crippen molar-refractivity contribution in [3.8, 4) is 5.75 Å². The van der Waals surface area contributed by atoms with Crippen LogP contribution in [0.5, 0.6) is 5.75 Å². The van der Waals surface area contributed by atoms with E-state index in [2.05, 4.69) is 0 Å². The number of hydrogen-bond acceptors (Lipinski definition) is 4. The molecule has 1 N–H and O–H groups in total. The maximum absolute atomic E-state index is 12.5. The van der Waals surface area contributed by atoms with Gasteiger partial charge >= 0.3 is 0 Å². The van der Waals surface area contributed by atoms with Gasteiger partial charge in [-0.1, -0.05) is 23.7 Å². The molecule has 1 atom stereocenters. The summed E-state index contributed by atoms with van der Waals surface area (Å²) in [5, 5.41) is 12.7. The molecular weight excluding hydrogens is 306 g/mol. The number of methoxy groups -OCH3 is 1. The summed E-state index contributed by atoms with van der Waals surface area (Å²) in [4.78, 5) is 17.7. The molecule has 0 radical (unpaired) electrons. The van der Waals surface area contributed by atoms with Crippen LogP contribution in [0.2, 0.25) is 5.02 Å². The van der Waals surface area contributed by atoms with Gasteiger partial charge in [-0.3, -0.25) is 9.63 Å². The van der Waals surface area contributed by atoms with Crippen LogP contribution in [0.1, 0.15) is 21.5 Å². The molecule has 3 rings (SSSR count). The van der Waals surface area contributed by atoms with Crippen LogP contribution in [-0.4, -0.2) is 30.3 Å². The second kappa shape index (κ2) is 5.28. The molecule has 0 saturated carbocycles. The Hall–Kier alpha value is -2.08. The zero-order valence-electron chi connectivity index (χ0n) is 12.0. The Labute approximate surface area is 132 Å². The average molecular weight is 320 g/mol. The van der Waals surface area contributed by atoms with Gasteiger partial charge in [0.05, 0.1) is 19.8 Å². The van der Waals surface area contributed by atoms with Crippen molar-refractivity contribution in [1.29, 1.82) is 0 Å². The highest BCUT2D eigenvalue weighted by molar-refractivity contribution is 6.30. The fourth-order valence-corrected chi connectivity index (χ4v) is 2.79. The van der Waals surface area contributed by atoms with Crippen LogP contribution in [0.15, 0.2) is 42.5 Å². The molecule has 0 saturated heterocycles. The molecule has 114 valence electrons. The van der Waals surface area contributed by atoms with Gasteiger partial charge in [-0.15, -0.1) is 0 Å². The molecule has 1 unspecified atom stereocenters. The maximum Gasteiger partial charge on any atom is 0.281 e. The summed E-state index contributed by atoms with van der Waals surface area (Å²) in [6, 6.07) is 11.5. The number of carbonyl (C=O) groups excluding carboxylic acids is 1. The van der Waals surface area contributed by atoms with Crippen LogP contribution in [0, 0.1) is 0 Å². The van der Waals surface area contributed by atoms with Gasteiger partial charge in [0.25, 0.3) is 5.91 Å². The van der Waals surface area contributed by atoms with Crippen molar-refractivity contribution >= 4 is 17.5 Å². The molecule has 0 bridgehead atoms. The van der Waals surface area contributed by atoms with E-state index in [9.17, 15) is 9.90 Å². The molecule has 0 fully saturated rings. The number of carbonyl (C=O) groups is 1. The van der Waals surface area contributed by atoms with Gasteiger partial charge in [0.15, 0.2) is 0 Å². The van der Waals surface area contributed by atoms with Crippen LogP contribution in [-0.2, 0) is 10.6 Å². The van der Waals surface area contributed by atoms with Crippen molar-refractivity contribution < 1.29 is 19.5 Å². The van der Waals surface area contributed by atoms with E-state index < -0.39 is 11.6 Å². The highest BCUT2D eigenvalue weighted by Gasteiger charge is 2.51. The number of hydrogen-bond donors (Lipinski definition) is 1. The van der Waals surface area contributed by atoms with Crippen LogP contribution in [0.25, 0.3) is 0 Å². The minimum atomic E-state index is -1.71. The number of benzene rings is 2. The first-order valence-electron chi connectivity index (χ1n) is 6.58. The minimum Gasteiger partial charge on any atom is -0.497 e. The number of fused-ring (bicyclic) bond motifs is 1. The number of hydroxylamine groups is 2. The van der Waals surface area contributed by atoms with Crippen molar-refractivity contribution in [2.24, 2.45) is 0 Å². The van der Waals surface area contributed by atoms with Crippen LogP contribution < -0.4 is 4.74 Å². The normalized spacial score (nSPS) is 20.2. The lowest BCUT2D eigenvalue weighted by Crippen LogP contribution is -2.43. The number of ether oxygens (including phenoxy) is 1. The second-order valence-corrected chi connectivity index (χ2v) is 5.31. The van der Waals surface area contributed by atoms with E-state index in [1.165, 1.54) is 14.2 Å². The zero-order valence-corrected chi connectivity index (χ0v) is 12.8. The molecular formula is C16H14ClNO4. The van der Waals surface area contributed by atoms with Crippen molar-refractivity contribution in [3.05, 3.63) is 64.2 Å². The lowest BCUT2D eigenvalue weighted by Gasteiger charge is -2.32. The van der Waals surface area contributed by atoms with Crippen molar-refractivity contribution in [2.75, 3.05) is 14.2 Å². The Kier molecular flexibility index (Phi) is 3.56. The molecule has 1 aliphatic heterocycles. The number of rotatable bonds is 3. The Morgan fingerprint density at radius 1 is 1.14 bits per heavy atom. The molecule has 1 aliphatic rings. The first-order valence-corrected chi connectivity index (χ1v) is 6.95. The number of aliphatic hydroxyl groups is 1.